The minimum absolute atomic E-state index is 0.498. The molecule has 3 unspecified atom stereocenters. The van der Waals surface area contributed by atoms with Crippen LogP contribution in [0.3, 0.4) is 0 Å². The van der Waals surface area contributed by atoms with Crippen LogP contribution in [0.15, 0.2) is 0 Å². The van der Waals surface area contributed by atoms with Crippen molar-refractivity contribution in [2.24, 2.45) is 29.1 Å². The summed E-state index contributed by atoms with van der Waals surface area (Å²) in [5.41, 5.74) is 0.498. The summed E-state index contributed by atoms with van der Waals surface area (Å²) in [6, 6.07) is 0. The lowest BCUT2D eigenvalue weighted by Gasteiger charge is -2.23. The second kappa shape index (κ2) is 9.85. The molecule has 0 aromatic heterocycles. The fourth-order valence-electron chi connectivity index (χ4n) is 3.23. The lowest BCUT2D eigenvalue weighted by atomic mass is 9.83. The van der Waals surface area contributed by atoms with Crippen molar-refractivity contribution in [3.05, 3.63) is 0 Å². The van der Waals surface area contributed by atoms with E-state index in [1.807, 2.05) is 0 Å². The van der Waals surface area contributed by atoms with E-state index in [4.69, 9.17) is 0 Å². The van der Waals surface area contributed by atoms with Gasteiger partial charge >= 0.3 is 0 Å². The van der Waals surface area contributed by atoms with E-state index in [0.717, 1.165) is 23.7 Å². The first-order chi connectivity index (χ1) is 9.11. The van der Waals surface area contributed by atoms with Crippen molar-refractivity contribution >= 4 is 0 Å². The topological polar surface area (TPSA) is 0 Å². The van der Waals surface area contributed by atoms with Crippen LogP contribution in [-0.4, -0.2) is 0 Å². The fraction of sp³-hybridized carbons (Fsp3) is 1.00. The summed E-state index contributed by atoms with van der Waals surface area (Å²) in [4.78, 5) is 0. The van der Waals surface area contributed by atoms with Gasteiger partial charge in [-0.1, -0.05) is 93.9 Å². The quantitative estimate of drug-likeness (QED) is 0.393. The smallest absolute Gasteiger partial charge is 0.0380 e. The first-order valence-electron chi connectivity index (χ1n) is 9.11. The van der Waals surface area contributed by atoms with E-state index in [1.54, 1.807) is 0 Å². The minimum Gasteiger partial charge on any atom is -0.0625 e. The van der Waals surface area contributed by atoms with E-state index in [2.05, 4.69) is 55.4 Å². The summed E-state index contributed by atoms with van der Waals surface area (Å²) in [5, 5.41) is 0. The van der Waals surface area contributed by atoms with Crippen LogP contribution in [0.25, 0.3) is 0 Å². The third-order valence-corrected chi connectivity index (χ3v) is 4.85. The molecule has 0 aromatic carbocycles. The molecule has 0 heterocycles. The maximum Gasteiger partial charge on any atom is -0.0380 e. The monoisotopic (exact) mass is 282 g/mol. The normalized spacial score (nSPS) is 17.2. The highest BCUT2D eigenvalue weighted by Crippen LogP contribution is 2.28. The second-order valence-electron chi connectivity index (χ2n) is 9.06. The lowest BCUT2D eigenvalue weighted by Crippen LogP contribution is -2.11. The summed E-state index contributed by atoms with van der Waals surface area (Å²) >= 11 is 0. The van der Waals surface area contributed by atoms with E-state index < -0.39 is 0 Å². The molecule has 0 bridgehead atoms. The second-order valence-corrected chi connectivity index (χ2v) is 9.06. The Balaban J connectivity index is 3.61. The molecular formula is C20H42. The number of rotatable bonds is 10. The van der Waals surface area contributed by atoms with Gasteiger partial charge in [0.05, 0.1) is 0 Å². The molecule has 0 aromatic rings. The molecule has 0 amide bonds. The number of hydrogen-bond acceptors (Lipinski definition) is 0. The zero-order valence-electron chi connectivity index (χ0n) is 15.8. The third kappa shape index (κ3) is 11.8. The Kier molecular flexibility index (Phi) is 9.85. The standard InChI is InChI=1S/C20H42/c1-16(2)19(5)14-10-12-17(3)11-9-13-18(4)15-20(6,7)8/h16-19H,9-15H2,1-8H3. The highest BCUT2D eigenvalue weighted by Gasteiger charge is 2.15. The van der Waals surface area contributed by atoms with Gasteiger partial charge in [-0.05, 0) is 35.5 Å². The summed E-state index contributed by atoms with van der Waals surface area (Å²) in [7, 11) is 0. The van der Waals surface area contributed by atoms with Crippen LogP contribution in [0.4, 0.5) is 0 Å². The maximum atomic E-state index is 2.45. The largest absolute Gasteiger partial charge is 0.0625 e. The molecule has 0 rings (SSSR count). The Morgan fingerprint density at radius 2 is 1.10 bits per heavy atom. The summed E-state index contributed by atoms with van der Waals surface area (Å²) in [6.45, 7) is 19.1. The van der Waals surface area contributed by atoms with Gasteiger partial charge in [0.15, 0.2) is 0 Å². The van der Waals surface area contributed by atoms with Gasteiger partial charge in [-0.2, -0.15) is 0 Å². The molecule has 0 saturated heterocycles. The van der Waals surface area contributed by atoms with Gasteiger partial charge in [-0.15, -0.1) is 0 Å². The predicted octanol–water partition coefficient (Wildman–Crippen LogP) is 7.33. The van der Waals surface area contributed by atoms with Gasteiger partial charge in [0.1, 0.15) is 0 Å². The zero-order valence-corrected chi connectivity index (χ0v) is 15.8. The average molecular weight is 283 g/mol. The molecule has 0 N–H and O–H groups in total. The summed E-state index contributed by atoms with van der Waals surface area (Å²) in [6.07, 6.45) is 9.94. The predicted molar refractivity (Wildman–Crippen MR) is 94.1 cm³/mol. The molecule has 0 aliphatic rings. The Labute approximate surface area is 130 Å². The van der Waals surface area contributed by atoms with Gasteiger partial charge in [0.2, 0.25) is 0 Å². The Bertz CT molecular complexity index is 221. The SMILES string of the molecule is CC(CCCC(C)CC(C)(C)C)CCCC(C)C(C)C. The molecule has 3 atom stereocenters. The average Bonchev–Trinajstić information content (AvgIpc) is 2.26. The number of hydrogen-bond donors (Lipinski definition) is 0. The lowest BCUT2D eigenvalue weighted by molar-refractivity contribution is 0.285. The van der Waals surface area contributed by atoms with Gasteiger partial charge in [-0.25, -0.2) is 0 Å². The van der Waals surface area contributed by atoms with Crippen LogP contribution < -0.4 is 0 Å². The van der Waals surface area contributed by atoms with Crippen LogP contribution in [0, 0.1) is 29.1 Å². The van der Waals surface area contributed by atoms with Crippen molar-refractivity contribution in [2.45, 2.75) is 100 Å². The maximum absolute atomic E-state index is 2.45. The zero-order chi connectivity index (χ0) is 15.8. The molecule has 122 valence electrons. The van der Waals surface area contributed by atoms with Gasteiger partial charge in [0, 0.05) is 0 Å². The van der Waals surface area contributed by atoms with Gasteiger partial charge in [-0.3, -0.25) is 0 Å². The fourth-order valence-corrected chi connectivity index (χ4v) is 3.23. The van der Waals surface area contributed by atoms with E-state index in [0.29, 0.717) is 5.41 Å². The van der Waals surface area contributed by atoms with E-state index >= 15 is 0 Å². The minimum atomic E-state index is 0.498. The molecular weight excluding hydrogens is 240 g/mol. The van der Waals surface area contributed by atoms with Crippen molar-refractivity contribution in [1.82, 2.24) is 0 Å². The van der Waals surface area contributed by atoms with Crippen LogP contribution >= 0.6 is 0 Å². The molecule has 0 aliphatic carbocycles. The van der Waals surface area contributed by atoms with Crippen molar-refractivity contribution in [3.63, 3.8) is 0 Å². The molecule has 0 fully saturated rings. The van der Waals surface area contributed by atoms with Crippen molar-refractivity contribution in [3.8, 4) is 0 Å². The third-order valence-electron chi connectivity index (χ3n) is 4.85. The molecule has 0 radical (unpaired) electrons. The first-order valence-corrected chi connectivity index (χ1v) is 9.11. The van der Waals surface area contributed by atoms with Gasteiger partial charge < -0.3 is 0 Å². The Morgan fingerprint density at radius 3 is 1.55 bits per heavy atom. The van der Waals surface area contributed by atoms with Crippen LogP contribution in [0.2, 0.25) is 0 Å². The molecule has 0 nitrogen and oxygen atoms in total. The van der Waals surface area contributed by atoms with E-state index in [1.165, 1.54) is 44.9 Å². The van der Waals surface area contributed by atoms with E-state index in [-0.39, 0.29) is 0 Å². The van der Waals surface area contributed by atoms with Gasteiger partial charge in [0.25, 0.3) is 0 Å². The molecule has 0 saturated carbocycles. The van der Waals surface area contributed by atoms with Crippen LogP contribution in [0.1, 0.15) is 100 Å². The molecule has 0 aliphatic heterocycles. The summed E-state index contributed by atoms with van der Waals surface area (Å²) < 4.78 is 0. The van der Waals surface area contributed by atoms with E-state index in [9.17, 15) is 0 Å². The molecule has 0 heteroatoms. The van der Waals surface area contributed by atoms with Crippen molar-refractivity contribution in [1.29, 1.82) is 0 Å². The first kappa shape index (κ1) is 20.0. The summed E-state index contributed by atoms with van der Waals surface area (Å²) in [5.74, 6) is 3.57. The molecule has 0 spiro atoms. The Morgan fingerprint density at radius 1 is 0.650 bits per heavy atom. The highest BCUT2D eigenvalue weighted by molar-refractivity contribution is 4.67. The molecule has 20 heavy (non-hydrogen) atoms. The van der Waals surface area contributed by atoms with Crippen molar-refractivity contribution in [2.75, 3.05) is 0 Å². The van der Waals surface area contributed by atoms with Crippen LogP contribution in [-0.2, 0) is 0 Å². The highest BCUT2D eigenvalue weighted by atomic mass is 14.2. The van der Waals surface area contributed by atoms with Crippen molar-refractivity contribution < 1.29 is 0 Å². The van der Waals surface area contributed by atoms with Crippen LogP contribution in [0.5, 0.6) is 0 Å². The Hall–Kier alpha value is 0.